The number of halogens is 1. The fraction of sp³-hybridized carbons (Fsp3) is 0.520. The molecule has 0 saturated carbocycles. The van der Waals surface area contributed by atoms with Gasteiger partial charge in [-0.25, -0.2) is 4.39 Å². The van der Waals surface area contributed by atoms with Crippen LogP contribution in [0, 0.1) is 11.2 Å². The summed E-state index contributed by atoms with van der Waals surface area (Å²) in [6.07, 6.45) is 1.16. The van der Waals surface area contributed by atoms with Gasteiger partial charge in [-0.15, -0.1) is 0 Å². The minimum absolute atomic E-state index is 0.0956. The molecule has 0 spiro atoms. The molecule has 0 amide bonds. The molecule has 2 nitrogen and oxygen atoms in total. The van der Waals surface area contributed by atoms with Crippen LogP contribution >= 0.6 is 0 Å². The first-order chi connectivity index (χ1) is 13.3. The van der Waals surface area contributed by atoms with E-state index in [9.17, 15) is 4.39 Å². The summed E-state index contributed by atoms with van der Waals surface area (Å²) in [7, 11) is 0. The van der Waals surface area contributed by atoms with Crippen LogP contribution < -0.4 is 5.32 Å². The van der Waals surface area contributed by atoms with Crippen molar-refractivity contribution in [3.63, 3.8) is 0 Å². The average molecular weight is 383 g/mol. The summed E-state index contributed by atoms with van der Waals surface area (Å²) in [6, 6.07) is 14.7. The van der Waals surface area contributed by atoms with Crippen molar-refractivity contribution in [2.45, 2.75) is 59.5 Å². The first-order valence-electron chi connectivity index (χ1n) is 10.7. The zero-order valence-electron chi connectivity index (χ0n) is 18.1. The zero-order chi connectivity index (χ0) is 20.3. The van der Waals surface area contributed by atoms with E-state index in [1.807, 2.05) is 6.07 Å². The molecular formula is C25H35FN2. The lowest BCUT2D eigenvalue weighted by atomic mass is 9.77. The highest BCUT2D eigenvalue weighted by molar-refractivity contribution is 5.64. The third kappa shape index (κ3) is 4.82. The molecule has 1 N–H and O–H groups in total. The van der Waals surface area contributed by atoms with E-state index in [1.54, 1.807) is 6.07 Å². The molecule has 2 aromatic rings. The second kappa shape index (κ2) is 8.75. The lowest BCUT2D eigenvalue weighted by Gasteiger charge is -2.50. The van der Waals surface area contributed by atoms with E-state index in [0.29, 0.717) is 23.9 Å². The summed E-state index contributed by atoms with van der Waals surface area (Å²) in [6.45, 7) is 14.8. The Kier molecular flexibility index (Phi) is 6.57. The molecule has 0 aliphatic carbocycles. The smallest absolute Gasteiger partial charge is 0.128 e. The maximum absolute atomic E-state index is 14.8. The van der Waals surface area contributed by atoms with Crippen molar-refractivity contribution in [2.75, 3.05) is 19.6 Å². The number of hydrogen-bond acceptors (Lipinski definition) is 2. The monoisotopic (exact) mass is 382 g/mol. The molecule has 3 rings (SSSR count). The Labute approximate surface area is 170 Å². The first-order valence-corrected chi connectivity index (χ1v) is 10.7. The van der Waals surface area contributed by atoms with E-state index in [-0.39, 0.29) is 5.82 Å². The highest BCUT2D eigenvalue weighted by Gasteiger charge is 2.41. The molecule has 0 aromatic heterocycles. The number of nitrogens with zero attached hydrogens (tertiary/aromatic N) is 1. The SMILES string of the molecule is CCC1(CNC(C)C)CN(Cc2ccc(-c3cccc(C(C)C)c3)cc2F)C1. The topological polar surface area (TPSA) is 15.3 Å². The molecular weight excluding hydrogens is 347 g/mol. The van der Waals surface area contributed by atoms with E-state index >= 15 is 0 Å². The molecule has 1 heterocycles. The quantitative estimate of drug-likeness (QED) is 0.618. The van der Waals surface area contributed by atoms with Gasteiger partial charge in [0, 0.05) is 43.2 Å². The molecule has 0 bridgehead atoms. The lowest BCUT2D eigenvalue weighted by Crippen LogP contribution is -2.60. The number of benzene rings is 2. The average Bonchev–Trinajstić information content (AvgIpc) is 2.64. The van der Waals surface area contributed by atoms with Gasteiger partial charge in [0.25, 0.3) is 0 Å². The maximum atomic E-state index is 14.8. The van der Waals surface area contributed by atoms with Crippen molar-refractivity contribution in [1.29, 1.82) is 0 Å². The van der Waals surface area contributed by atoms with E-state index in [4.69, 9.17) is 0 Å². The molecule has 2 aromatic carbocycles. The third-order valence-corrected chi connectivity index (χ3v) is 6.09. The number of likely N-dealkylation sites (tertiary alicyclic amines) is 1. The minimum atomic E-state index is -0.0956. The van der Waals surface area contributed by atoms with Gasteiger partial charge in [-0.1, -0.05) is 71.0 Å². The fourth-order valence-electron chi connectivity index (χ4n) is 4.07. The van der Waals surface area contributed by atoms with Gasteiger partial charge in [-0.05, 0) is 35.1 Å². The van der Waals surface area contributed by atoms with Crippen LogP contribution in [0.1, 0.15) is 58.1 Å². The Balaban J connectivity index is 1.65. The Morgan fingerprint density at radius 1 is 1.04 bits per heavy atom. The van der Waals surface area contributed by atoms with Crippen molar-refractivity contribution in [3.05, 3.63) is 59.4 Å². The Hall–Kier alpha value is -1.71. The fourth-order valence-corrected chi connectivity index (χ4v) is 4.07. The molecule has 3 heteroatoms. The van der Waals surface area contributed by atoms with Crippen molar-refractivity contribution in [2.24, 2.45) is 5.41 Å². The summed E-state index contributed by atoms with van der Waals surface area (Å²) in [5.74, 6) is 0.376. The molecule has 0 radical (unpaired) electrons. The van der Waals surface area contributed by atoms with Crippen LogP contribution in [0.25, 0.3) is 11.1 Å². The molecule has 1 saturated heterocycles. The van der Waals surface area contributed by atoms with Crippen molar-refractivity contribution in [1.82, 2.24) is 10.2 Å². The van der Waals surface area contributed by atoms with Crippen LogP contribution in [-0.4, -0.2) is 30.6 Å². The van der Waals surface area contributed by atoms with Crippen molar-refractivity contribution in [3.8, 4) is 11.1 Å². The summed E-state index contributed by atoms with van der Waals surface area (Å²) in [4.78, 5) is 2.36. The van der Waals surface area contributed by atoms with Crippen LogP contribution in [0.2, 0.25) is 0 Å². The van der Waals surface area contributed by atoms with Gasteiger partial charge in [-0.2, -0.15) is 0 Å². The molecule has 152 valence electrons. The van der Waals surface area contributed by atoms with Crippen LogP contribution in [0.3, 0.4) is 0 Å². The Morgan fingerprint density at radius 3 is 2.36 bits per heavy atom. The molecule has 0 unspecified atom stereocenters. The second-order valence-electron chi connectivity index (χ2n) is 9.12. The normalized spacial score (nSPS) is 16.6. The lowest BCUT2D eigenvalue weighted by molar-refractivity contribution is -0.0100. The standard InChI is InChI=1S/C25H35FN2/c1-6-25(15-27-19(4)5)16-28(17-25)14-23-11-10-22(13-24(23)26)21-9-7-8-20(12-21)18(2)3/h7-13,18-19,27H,6,14-17H2,1-5H3. The number of rotatable bonds is 8. The van der Waals surface area contributed by atoms with Gasteiger partial charge in [-0.3, -0.25) is 4.90 Å². The number of nitrogens with one attached hydrogen (secondary N) is 1. The molecule has 0 atom stereocenters. The number of hydrogen-bond donors (Lipinski definition) is 1. The van der Waals surface area contributed by atoms with Crippen LogP contribution in [0.5, 0.6) is 0 Å². The van der Waals surface area contributed by atoms with Gasteiger partial charge >= 0.3 is 0 Å². The first kappa shape index (κ1) is 21.0. The Morgan fingerprint density at radius 2 is 1.75 bits per heavy atom. The molecule has 1 aliphatic heterocycles. The van der Waals surface area contributed by atoms with E-state index in [1.165, 1.54) is 5.56 Å². The highest BCUT2D eigenvalue weighted by Crippen LogP contribution is 2.35. The summed E-state index contributed by atoms with van der Waals surface area (Å²) in [5.41, 5.74) is 4.47. The van der Waals surface area contributed by atoms with Gasteiger partial charge in [0.15, 0.2) is 0 Å². The van der Waals surface area contributed by atoms with Crippen LogP contribution in [0.4, 0.5) is 4.39 Å². The predicted octanol–water partition coefficient (Wildman–Crippen LogP) is 5.83. The van der Waals surface area contributed by atoms with Crippen molar-refractivity contribution < 1.29 is 4.39 Å². The van der Waals surface area contributed by atoms with Gasteiger partial charge in [0.1, 0.15) is 5.82 Å². The molecule has 28 heavy (non-hydrogen) atoms. The van der Waals surface area contributed by atoms with E-state index < -0.39 is 0 Å². The zero-order valence-corrected chi connectivity index (χ0v) is 18.1. The van der Waals surface area contributed by atoms with Gasteiger partial charge in [0.2, 0.25) is 0 Å². The third-order valence-electron chi connectivity index (χ3n) is 6.09. The molecule has 1 aliphatic rings. The summed E-state index contributed by atoms with van der Waals surface area (Å²) in [5, 5.41) is 3.57. The van der Waals surface area contributed by atoms with Crippen LogP contribution in [0.15, 0.2) is 42.5 Å². The van der Waals surface area contributed by atoms with E-state index in [2.05, 4.69) is 75.2 Å². The van der Waals surface area contributed by atoms with E-state index in [0.717, 1.165) is 42.7 Å². The van der Waals surface area contributed by atoms with Gasteiger partial charge in [0.05, 0.1) is 0 Å². The minimum Gasteiger partial charge on any atom is -0.314 e. The summed E-state index contributed by atoms with van der Waals surface area (Å²) < 4.78 is 14.8. The largest absolute Gasteiger partial charge is 0.314 e. The van der Waals surface area contributed by atoms with Crippen molar-refractivity contribution >= 4 is 0 Å². The van der Waals surface area contributed by atoms with Crippen LogP contribution in [-0.2, 0) is 6.54 Å². The van der Waals surface area contributed by atoms with Gasteiger partial charge < -0.3 is 5.32 Å². The second-order valence-corrected chi connectivity index (χ2v) is 9.12. The Bertz CT molecular complexity index is 791. The highest BCUT2D eigenvalue weighted by atomic mass is 19.1. The molecule has 1 fully saturated rings. The predicted molar refractivity (Wildman–Crippen MR) is 117 cm³/mol. The maximum Gasteiger partial charge on any atom is 0.128 e. The summed E-state index contributed by atoms with van der Waals surface area (Å²) >= 11 is 0.